The summed E-state index contributed by atoms with van der Waals surface area (Å²) in [6.45, 7) is 1.79. The molecule has 26 heavy (non-hydrogen) atoms. The Morgan fingerprint density at radius 1 is 0.923 bits per heavy atom. The van der Waals surface area contributed by atoms with Crippen LogP contribution in [-0.2, 0) is 19.9 Å². The van der Waals surface area contributed by atoms with Crippen molar-refractivity contribution in [3.8, 4) is 0 Å². The van der Waals surface area contributed by atoms with Crippen molar-refractivity contribution >= 4 is 31.6 Å². The van der Waals surface area contributed by atoms with E-state index in [-0.39, 0.29) is 27.9 Å². The van der Waals surface area contributed by atoms with Gasteiger partial charge >= 0.3 is 0 Å². The molecule has 0 aliphatic rings. The summed E-state index contributed by atoms with van der Waals surface area (Å²) in [5, 5.41) is 0. The summed E-state index contributed by atoms with van der Waals surface area (Å²) < 4.78 is 63.3. The van der Waals surface area contributed by atoms with Gasteiger partial charge in [0, 0.05) is 11.4 Å². The van der Waals surface area contributed by atoms with Crippen molar-refractivity contribution in [3.05, 3.63) is 54.3 Å². The van der Waals surface area contributed by atoms with Crippen molar-refractivity contribution in [2.24, 2.45) is 0 Å². The predicted molar refractivity (Wildman–Crippen MR) is 101 cm³/mol. The highest BCUT2D eigenvalue weighted by molar-refractivity contribution is 7.99. The molecule has 0 saturated heterocycles. The lowest BCUT2D eigenvalue weighted by Crippen LogP contribution is -2.25. The zero-order chi connectivity index (χ0) is 19.2. The van der Waals surface area contributed by atoms with Gasteiger partial charge in [0.1, 0.15) is 5.82 Å². The van der Waals surface area contributed by atoms with Gasteiger partial charge in [-0.3, -0.25) is 0 Å². The first-order valence-corrected chi connectivity index (χ1v) is 12.1. The Morgan fingerprint density at radius 3 is 2.08 bits per heavy atom. The fourth-order valence-electron chi connectivity index (χ4n) is 2.08. The molecule has 0 radical (unpaired) electrons. The van der Waals surface area contributed by atoms with Gasteiger partial charge in [0.15, 0.2) is 9.84 Å². The lowest BCUT2D eigenvalue weighted by molar-refractivity contribution is 0.580. The van der Waals surface area contributed by atoms with Crippen molar-refractivity contribution in [1.29, 1.82) is 0 Å². The van der Waals surface area contributed by atoms with Gasteiger partial charge in [0.05, 0.1) is 15.5 Å². The van der Waals surface area contributed by atoms with Gasteiger partial charge < -0.3 is 0 Å². The summed E-state index contributed by atoms with van der Waals surface area (Å²) in [7, 11) is -7.04. The van der Waals surface area contributed by atoms with Crippen LogP contribution in [0.4, 0.5) is 4.39 Å². The third-order valence-electron chi connectivity index (χ3n) is 3.57. The van der Waals surface area contributed by atoms with Crippen molar-refractivity contribution in [3.63, 3.8) is 0 Å². The molecule has 0 unspecified atom stereocenters. The first kappa shape index (κ1) is 20.9. The molecule has 2 aromatic carbocycles. The third kappa shape index (κ3) is 5.80. The van der Waals surface area contributed by atoms with E-state index in [0.717, 1.165) is 4.90 Å². The summed E-state index contributed by atoms with van der Waals surface area (Å²) in [4.78, 5) is 1.05. The van der Waals surface area contributed by atoms with Crippen LogP contribution in [0.15, 0.2) is 63.2 Å². The highest BCUT2D eigenvalue weighted by Gasteiger charge is 2.16. The number of rotatable bonds is 9. The fourth-order valence-corrected chi connectivity index (χ4v) is 4.89. The van der Waals surface area contributed by atoms with Crippen LogP contribution in [-0.4, -0.2) is 34.9 Å². The molecule has 5 nitrogen and oxygen atoms in total. The smallest absolute Gasteiger partial charge is 0.224 e. The lowest BCUT2D eigenvalue weighted by atomic mass is 10.4. The van der Waals surface area contributed by atoms with Crippen LogP contribution < -0.4 is 4.72 Å². The Morgan fingerprint density at radius 2 is 1.50 bits per heavy atom. The topological polar surface area (TPSA) is 80.3 Å². The van der Waals surface area contributed by atoms with Crippen LogP contribution in [0.1, 0.15) is 13.3 Å². The Kier molecular flexibility index (Phi) is 7.22. The van der Waals surface area contributed by atoms with Crippen molar-refractivity contribution in [2.75, 3.05) is 18.1 Å². The summed E-state index contributed by atoms with van der Waals surface area (Å²) in [6, 6.07) is 11.3. The minimum absolute atomic E-state index is 0.0266. The van der Waals surface area contributed by atoms with Crippen LogP contribution in [0.25, 0.3) is 0 Å². The van der Waals surface area contributed by atoms with Crippen molar-refractivity contribution in [1.82, 2.24) is 4.72 Å². The van der Waals surface area contributed by atoms with Gasteiger partial charge in [-0.25, -0.2) is 25.9 Å². The number of nitrogens with one attached hydrogen (secondary N) is 1. The molecule has 0 aliphatic carbocycles. The summed E-state index contributed by atoms with van der Waals surface area (Å²) in [6.07, 6.45) is 0.601. The molecule has 0 saturated carbocycles. The number of benzene rings is 2. The molecule has 0 amide bonds. The Labute approximate surface area is 158 Å². The molecular weight excluding hydrogens is 397 g/mol. The average Bonchev–Trinajstić information content (AvgIpc) is 2.63. The van der Waals surface area contributed by atoms with E-state index in [4.69, 9.17) is 0 Å². The molecule has 0 fully saturated rings. The normalized spacial score (nSPS) is 12.2. The number of sulfonamides is 1. The van der Waals surface area contributed by atoms with Crippen molar-refractivity contribution in [2.45, 2.75) is 28.0 Å². The number of hydrogen-bond acceptors (Lipinski definition) is 5. The summed E-state index contributed by atoms with van der Waals surface area (Å²) in [5.41, 5.74) is 0. The van der Waals surface area contributed by atoms with Crippen LogP contribution in [0.5, 0.6) is 0 Å². The van der Waals surface area contributed by atoms with E-state index in [1.807, 2.05) is 0 Å². The minimum Gasteiger partial charge on any atom is -0.224 e. The molecule has 0 aromatic heterocycles. The molecule has 0 atom stereocenters. The van der Waals surface area contributed by atoms with Gasteiger partial charge in [-0.05, 0) is 60.7 Å². The molecule has 2 aromatic rings. The zero-order valence-electron chi connectivity index (χ0n) is 14.2. The van der Waals surface area contributed by atoms with Gasteiger partial charge in [-0.2, -0.15) is 0 Å². The quantitative estimate of drug-likeness (QED) is 0.501. The van der Waals surface area contributed by atoms with Crippen LogP contribution in [0.3, 0.4) is 0 Å². The monoisotopic (exact) mass is 417 g/mol. The second-order valence-corrected chi connectivity index (χ2v) is 10.6. The lowest BCUT2D eigenvalue weighted by Gasteiger charge is -2.08. The fraction of sp³-hybridized carbons (Fsp3) is 0.294. The molecule has 0 bridgehead atoms. The summed E-state index contributed by atoms with van der Waals surface area (Å²) >= 11 is 1.51. The third-order valence-corrected chi connectivity index (χ3v) is 7.89. The average molecular weight is 418 g/mol. The molecule has 0 heterocycles. The maximum absolute atomic E-state index is 12.8. The molecule has 142 valence electrons. The Bertz CT molecular complexity index is 925. The molecule has 0 aliphatic heterocycles. The van der Waals surface area contributed by atoms with Crippen molar-refractivity contribution < 1.29 is 21.2 Å². The van der Waals surface area contributed by atoms with Crippen LogP contribution >= 0.6 is 11.8 Å². The molecule has 2 rings (SSSR count). The highest BCUT2D eigenvalue weighted by Crippen LogP contribution is 2.19. The van der Waals surface area contributed by atoms with Crippen LogP contribution in [0, 0.1) is 5.82 Å². The second kappa shape index (κ2) is 8.98. The maximum Gasteiger partial charge on any atom is 0.240 e. The van der Waals surface area contributed by atoms with Gasteiger partial charge in [0.2, 0.25) is 10.0 Å². The first-order valence-electron chi connectivity index (χ1n) is 7.95. The van der Waals surface area contributed by atoms with Gasteiger partial charge in [-0.1, -0.05) is 6.92 Å². The standard InChI is InChI=1S/C17H20FNO4S3/c1-2-25(20,21)16-8-10-17(11-9-16)26(22,23)19-12-3-13-24-15-6-4-14(18)5-7-15/h4-11,19H,2-3,12-13H2,1H3. The zero-order valence-corrected chi connectivity index (χ0v) is 16.6. The molecule has 0 spiro atoms. The SMILES string of the molecule is CCS(=O)(=O)c1ccc(S(=O)(=O)NCCCSc2ccc(F)cc2)cc1. The second-order valence-electron chi connectivity index (χ2n) is 5.43. The first-order chi connectivity index (χ1) is 12.2. The predicted octanol–water partition coefficient (Wildman–Crippen LogP) is 3.08. The van der Waals surface area contributed by atoms with E-state index in [9.17, 15) is 21.2 Å². The number of sulfone groups is 1. The van der Waals surface area contributed by atoms with E-state index in [1.165, 1.54) is 55.1 Å². The van der Waals surface area contributed by atoms with E-state index < -0.39 is 19.9 Å². The maximum atomic E-state index is 12.8. The van der Waals surface area contributed by atoms with E-state index in [1.54, 1.807) is 12.1 Å². The number of hydrogen-bond donors (Lipinski definition) is 1. The van der Waals surface area contributed by atoms with E-state index in [0.29, 0.717) is 12.2 Å². The largest absolute Gasteiger partial charge is 0.240 e. The van der Waals surface area contributed by atoms with Gasteiger partial charge in [0.25, 0.3) is 0 Å². The number of halogens is 1. The minimum atomic E-state index is -3.68. The molecular formula is C17H20FNO4S3. The highest BCUT2D eigenvalue weighted by atomic mass is 32.2. The van der Waals surface area contributed by atoms with Crippen LogP contribution in [0.2, 0.25) is 0 Å². The van der Waals surface area contributed by atoms with Gasteiger partial charge in [-0.15, -0.1) is 11.8 Å². The van der Waals surface area contributed by atoms with E-state index in [2.05, 4.69) is 4.72 Å². The summed E-state index contributed by atoms with van der Waals surface area (Å²) in [5.74, 6) is 0.352. The van der Waals surface area contributed by atoms with E-state index >= 15 is 0 Å². The number of thioether (sulfide) groups is 1. The Hall–Kier alpha value is -1.42. The Balaban J connectivity index is 1.85. The molecule has 1 N–H and O–H groups in total. The molecule has 9 heteroatoms.